The van der Waals surface area contributed by atoms with Crippen molar-refractivity contribution in [3.8, 4) is 0 Å². The van der Waals surface area contributed by atoms with Crippen molar-refractivity contribution in [2.24, 2.45) is 0 Å². The van der Waals surface area contributed by atoms with Crippen molar-refractivity contribution in [2.75, 3.05) is 0 Å². The number of hydrogen-bond acceptors (Lipinski definition) is 3. The molecule has 84 valence electrons. The van der Waals surface area contributed by atoms with Crippen LogP contribution in [0.1, 0.15) is 26.7 Å². The predicted octanol–water partition coefficient (Wildman–Crippen LogP) is -0.756. The molecule has 0 spiro atoms. The lowest BCUT2D eigenvalue weighted by Gasteiger charge is -2.17. The van der Waals surface area contributed by atoms with Gasteiger partial charge in [-0.1, -0.05) is 0 Å². The number of carboxylic acids is 1. The van der Waals surface area contributed by atoms with Crippen LogP contribution in [0.3, 0.4) is 0 Å². The number of carbonyl (C=O) groups excluding carboxylic acids is 2. The molecule has 2 amide bonds. The highest BCUT2D eigenvalue weighted by atomic mass is 16.4. The number of nitrogens with one attached hydrogen (secondary N) is 2. The largest absolute Gasteiger partial charge is 0.480 e. The molecule has 1 atom stereocenters. The molecule has 1 unspecified atom stereocenters. The van der Waals surface area contributed by atoms with Crippen LogP contribution in [0.5, 0.6) is 0 Å². The van der Waals surface area contributed by atoms with Gasteiger partial charge in [-0.25, -0.2) is 4.79 Å². The van der Waals surface area contributed by atoms with Crippen LogP contribution in [-0.4, -0.2) is 34.5 Å². The second-order valence-corrected chi connectivity index (χ2v) is 3.80. The average Bonchev–Trinajstić information content (AvgIpc) is 2.84. The maximum absolute atomic E-state index is 11.4. The van der Waals surface area contributed by atoms with Gasteiger partial charge in [-0.15, -0.1) is 0 Å². The zero-order valence-corrected chi connectivity index (χ0v) is 8.66. The molecule has 0 bridgehead atoms. The lowest BCUT2D eigenvalue weighted by atomic mass is 10.2. The van der Waals surface area contributed by atoms with Crippen molar-refractivity contribution in [2.45, 2.75) is 38.3 Å². The first kappa shape index (κ1) is 11.5. The molecule has 3 N–H and O–H groups in total. The molecule has 0 aliphatic heterocycles. The summed E-state index contributed by atoms with van der Waals surface area (Å²) in [5.41, 5.74) is -1.09. The number of hydrogen-bond donors (Lipinski definition) is 3. The molecule has 1 aliphatic rings. The monoisotopic (exact) mass is 214 g/mol. The van der Waals surface area contributed by atoms with E-state index in [-0.39, 0.29) is 5.91 Å². The van der Waals surface area contributed by atoms with Crippen LogP contribution >= 0.6 is 0 Å². The van der Waals surface area contributed by atoms with Crippen molar-refractivity contribution in [1.82, 2.24) is 10.6 Å². The Morgan fingerprint density at radius 1 is 1.33 bits per heavy atom. The lowest BCUT2D eigenvalue weighted by molar-refractivity contribution is -0.143. The Kier molecular flexibility index (Phi) is 2.97. The van der Waals surface area contributed by atoms with Crippen molar-refractivity contribution < 1.29 is 19.5 Å². The van der Waals surface area contributed by atoms with E-state index in [0.717, 1.165) is 0 Å². The van der Waals surface area contributed by atoms with Gasteiger partial charge in [0.05, 0.1) is 0 Å². The van der Waals surface area contributed by atoms with Crippen LogP contribution in [0.15, 0.2) is 0 Å². The number of carboxylic acid groups (broad SMARTS) is 1. The lowest BCUT2D eigenvalue weighted by Crippen LogP contribution is -2.51. The molecule has 0 saturated heterocycles. The summed E-state index contributed by atoms with van der Waals surface area (Å²) < 4.78 is 0. The van der Waals surface area contributed by atoms with Gasteiger partial charge < -0.3 is 15.7 Å². The summed E-state index contributed by atoms with van der Waals surface area (Å²) in [6, 6.07) is -0.709. The summed E-state index contributed by atoms with van der Waals surface area (Å²) in [6.07, 6.45) is 0.891. The summed E-state index contributed by atoms with van der Waals surface area (Å²) in [7, 11) is 0. The van der Waals surface area contributed by atoms with Crippen LogP contribution in [-0.2, 0) is 14.4 Å². The van der Waals surface area contributed by atoms with Gasteiger partial charge in [0.25, 0.3) is 0 Å². The Hall–Kier alpha value is -1.59. The third kappa shape index (κ3) is 2.68. The number of carbonyl (C=O) groups is 3. The third-order valence-corrected chi connectivity index (χ3v) is 2.33. The van der Waals surface area contributed by atoms with E-state index in [1.54, 1.807) is 0 Å². The van der Waals surface area contributed by atoms with E-state index >= 15 is 0 Å². The molecule has 6 nitrogen and oxygen atoms in total. The number of amides is 2. The molecule has 1 rings (SSSR count). The van der Waals surface area contributed by atoms with Gasteiger partial charge in [-0.2, -0.15) is 0 Å². The highest BCUT2D eigenvalue weighted by Gasteiger charge is 2.52. The van der Waals surface area contributed by atoms with Gasteiger partial charge in [0.1, 0.15) is 11.6 Å². The topological polar surface area (TPSA) is 95.5 Å². The maximum Gasteiger partial charge on any atom is 0.329 e. The highest BCUT2D eigenvalue weighted by molar-refractivity contribution is 5.93. The number of aliphatic carboxylic acids is 1. The maximum atomic E-state index is 11.4. The molecule has 1 fully saturated rings. The van der Waals surface area contributed by atoms with E-state index < -0.39 is 23.5 Å². The minimum absolute atomic E-state index is 0.321. The van der Waals surface area contributed by atoms with Gasteiger partial charge >= 0.3 is 5.97 Å². The third-order valence-electron chi connectivity index (χ3n) is 2.33. The Balaban J connectivity index is 2.49. The zero-order valence-electron chi connectivity index (χ0n) is 8.66. The van der Waals surface area contributed by atoms with Crippen LogP contribution in [0.25, 0.3) is 0 Å². The second kappa shape index (κ2) is 3.88. The predicted molar refractivity (Wildman–Crippen MR) is 51.0 cm³/mol. The summed E-state index contributed by atoms with van der Waals surface area (Å²) in [5, 5.41) is 13.6. The van der Waals surface area contributed by atoms with Crippen molar-refractivity contribution in [3.05, 3.63) is 0 Å². The van der Waals surface area contributed by atoms with E-state index in [0.29, 0.717) is 12.8 Å². The van der Waals surface area contributed by atoms with Gasteiger partial charge in [0.15, 0.2) is 0 Å². The minimum Gasteiger partial charge on any atom is -0.480 e. The molecular weight excluding hydrogens is 200 g/mol. The van der Waals surface area contributed by atoms with E-state index in [9.17, 15) is 14.4 Å². The van der Waals surface area contributed by atoms with Gasteiger partial charge in [-0.3, -0.25) is 9.59 Å². The van der Waals surface area contributed by atoms with E-state index in [1.807, 2.05) is 0 Å². The SMILES string of the molecule is CC(=O)NC(C)C(=O)NC1(C(=O)O)CC1. The minimum atomic E-state index is -1.09. The van der Waals surface area contributed by atoms with Crippen molar-refractivity contribution in [1.29, 1.82) is 0 Å². The first-order valence-corrected chi connectivity index (χ1v) is 4.70. The first-order chi connectivity index (χ1) is 6.87. The smallest absolute Gasteiger partial charge is 0.329 e. The molecule has 0 aromatic heterocycles. The molecular formula is C9H14N2O4. The quantitative estimate of drug-likeness (QED) is 0.573. The van der Waals surface area contributed by atoms with E-state index in [2.05, 4.69) is 10.6 Å². The van der Waals surface area contributed by atoms with Crippen molar-refractivity contribution in [3.63, 3.8) is 0 Å². The van der Waals surface area contributed by atoms with Crippen LogP contribution in [0.2, 0.25) is 0 Å². The summed E-state index contributed by atoms with van der Waals surface area (Å²) in [4.78, 5) is 32.9. The second-order valence-electron chi connectivity index (χ2n) is 3.80. The van der Waals surface area contributed by atoms with Crippen LogP contribution in [0, 0.1) is 0 Å². The van der Waals surface area contributed by atoms with Crippen molar-refractivity contribution >= 4 is 17.8 Å². The molecule has 0 heterocycles. The Morgan fingerprint density at radius 2 is 1.87 bits per heavy atom. The fraction of sp³-hybridized carbons (Fsp3) is 0.667. The Bertz CT molecular complexity index is 309. The fourth-order valence-corrected chi connectivity index (χ4v) is 1.23. The van der Waals surface area contributed by atoms with Crippen LogP contribution in [0.4, 0.5) is 0 Å². The normalized spacial score (nSPS) is 18.8. The van der Waals surface area contributed by atoms with Gasteiger partial charge in [0.2, 0.25) is 11.8 Å². The molecule has 1 saturated carbocycles. The summed E-state index contributed by atoms with van der Waals surface area (Å²) >= 11 is 0. The average molecular weight is 214 g/mol. The Labute approximate surface area is 87.0 Å². The molecule has 0 aromatic rings. The number of rotatable bonds is 4. The van der Waals surface area contributed by atoms with E-state index in [1.165, 1.54) is 13.8 Å². The zero-order chi connectivity index (χ0) is 11.6. The fourth-order valence-electron chi connectivity index (χ4n) is 1.23. The van der Waals surface area contributed by atoms with Gasteiger partial charge in [-0.05, 0) is 19.8 Å². The molecule has 0 aromatic carbocycles. The Morgan fingerprint density at radius 3 is 2.20 bits per heavy atom. The van der Waals surface area contributed by atoms with Gasteiger partial charge in [0, 0.05) is 6.92 Å². The summed E-state index contributed by atoms with van der Waals surface area (Å²) in [6.45, 7) is 2.81. The molecule has 6 heteroatoms. The standard InChI is InChI=1S/C9H14N2O4/c1-5(10-6(2)12)7(13)11-9(3-4-9)8(14)15/h5H,3-4H2,1-2H3,(H,10,12)(H,11,13)(H,14,15). The van der Waals surface area contributed by atoms with E-state index in [4.69, 9.17) is 5.11 Å². The first-order valence-electron chi connectivity index (χ1n) is 4.70. The molecule has 15 heavy (non-hydrogen) atoms. The molecule has 0 radical (unpaired) electrons. The van der Waals surface area contributed by atoms with Crippen LogP contribution < -0.4 is 10.6 Å². The summed E-state index contributed by atoms with van der Waals surface area (Å²) in [5.74, 6) is -1.81. The molecule has 1 aliphatic carbocycles. The highest BCUT2D eigenvalue weighted by Crippen LogP contribution is 2.35.